The van der Waals surface area contributed by atoms with Gasteiger partial charge in [0, 0.05) is 24.8 Å². The number of pyridine rings is 1. The largest absolute Gasteiger partial charge is 0.381 e. The highest BCUT2D eigenvalue weighted by molar-refractivity contribution is 5.41. The van der Waals surface area contributed by atoms with Crippen LogP contribution in [-0.2, 0) is 6.54 Å². The molecule has 1 aliphatic rings. The molecule has 2 rings (SSSR count). The second-order valence-corrected chi connectivity index (χ2v) is 4.31. The van der Waals surface area contributed by atoms with E-state index in [9.17, 15) is 4.79 Å². The van der Waals surface area contributed by atoms with Crippen molar-refractivity contribution in [2.75, 3.05) is 5.32 Å². The number of nitrogens with one attached hydrogen (secondary N) is 1. The first-order valence-corrected chi connectivity index (χ1v) is 5.67. The number of nitrogens with zero attached hydrogens (tertiary/aromatic N) is 1. The van der Waals surface area contributed by atoms with Gasteiger partial charge in [-0.05, 0) is 38.7 Å². The van der Waals surface area contributed by atoms with Gasteiger partial charge in [0.2, 0.25) is 0 Å². The van der Waals surface area contributed by atoms with Crippen LogP contribution in [0.3, 0.4) is 0 Å². The molecule has 1 heterocycles. The van der Waals surface area contributed by atoms with E-state index >= 15 is 0 Å². The van der Waals surface area contributed by atoms with E-state index in [2.05, 4.69) is 12.2 Å². The summed E-state index contributed by atoms with van der Waals surface area (Å²) < 4.78 is 1.72. The summed E-state index contributed by atoms with van der Waals surface area (Å²) in [5, 5.41) is 3.45. The normalized spacial score (nSPS) is 17.5. The van der Waals surface area contributed by atoms with Gasteiger partial charge in [-0.15, -0.1) is 0 Å². The molecule has 0 bridgehead atoms. The fourth-order valence-electron chi connectivity index (χ4n) is 1.84. The van der Waals surface area contributed by atoms with Crippen LogP contribution in [0.25, 0.3) is 0 Å². The molecule has 1 aromatic heterocycles. The van der Waals surface area contributed by atoms with Gasteiger partial charge in [-0.1, -0.05) is 0 Å². The lowest BCUT2D eigenvalue weighted by Crippen LogP contribution is -2.21. The zero-order valence-electron chi connectivity index (χ0n) is 9.36. The van der Waals surface area contributed by atoms with Crippen molar-refractivity contribution in [1.82, 2.24) is 4.57 Å². The Hall–Kier alpha value is -1.25. The van der Waals surface area contributed by atoms with Gasteiger partial charge in [0.25, 0.3) is 5.56 Å². The van der Waals surface area contributed by atoms with E-state index in [0.717, 1.165) is 18.2 Å². The molecule has 0 spiro atoms. The topological polar surface area (TPSA) is 34.0 Å². The van der Waals surface area contributed by atoms with E-state index < -0.39 is 0 Å². The molecule has 3 heteroatoms. The number of hydrogen-bond donors (Lipinski definition) is 1. The van der Waals surface area contributed by atoms with Gasteiger partial charge in [0.05, 0.1) is 5.69 Å². The Balaban J connectivity index is 2.10. The molecule has 1 atom stereocenters. The second kappa shape index (κ2) is 4.09. The molecule has 0 radical (unpaired) electrons. The van der Waals surface area contributed by atoms with Gasteiger partial charge in [-0.2, -0.15) is 0 Å². The van der Waals surface area contributed by atoms with Crippen molar-refractivity contribution in [3.05, 3.63) is 28.7 Å². The molecule has 1 fully saturated rings. The maximum Gasteiger partial charge on any atom is 0.250 e. The zero-order valence-corrected chi connectivity index (χ0v) is 9.36. The summed E-state index contributed by atoms with van der Waals surface area (Å²) in [6.45, 7) is 4.92. The molecule has 1 saturated carbocycles. The van der Waals surface area contributed by atoms with Crippen LogP contribution < -0.4 is 10.9 Å². The Morgan fingerprint density at radius 2 is 2.27 bits per heavy atom. The molecule has 0 amide bonds. The van der Waals surface area contributed by atoms with Crippen molar-refractivity contribution in [3.8, 4) is 0 Å². The maximum absolute atomic E-state index is 11.4. The minimum atomic E-state index is 0.0714. The van der Waals surface area contributed by atoms with E-state index in [0.29, 0.717) is 6.04 Å². The van der Waals surface area contributed by atoms with Crippen molar-refractivity contribution in [3.63, 3.8) is 0 Å². The van der Waals surface area contributed by atoms with Crippen molar-refractivity contribution in [2.24, 2.45) is 5.92 Å². The number of hydrogen-bond acceptors (Lipinski definition) is 2. The Morgan fingerprint density at radius 1 is 1.53 bits per heavy atom. The van der Waals surface area contributed by atoms with Crippen LogP contribution in [0, 0.1) is 5.92 Å². The van der Waals surface area contributed by atoms with E-state index in [1.165, 1.54) is 12.8 Å². The highest BCUT2D eigenvalue weighted by Crippen LogP contribution is 2.33. The minimum absolute atomic E-state index is 0.0714. The van der Waals surface area contributed by atoms with Gasteiger partial charge in [0.15, 0.2) is 0 Å². The number of aryl methyl sites for hydroxylation is 1. The third-order valence-electron chi connectivity index (χ3n) is 3.05. The van der Waals surface area contributed by atoms with Crippen LogP contribution >= 0.6 is 0 Å². The summed E-state index contributed by atoms with van der Waals surface area (Å²) in [5.41, 5.74) is 1.12. The average Bonchev–Trinajstić information content (AvgIpc) is 3.04. The fraction of sp³-hybridized carbons (Fsp3) is 0.583. The van der Waals surface area contributed by atoms with Crippen LogP contribution in [-0.4, -0.2) is 10.6 Å². The van der Waals surface area contributed by atoms with E-state index in [1.54, 1.807) is 10.6 Å². The monoisotopic (exact) mass is 206 g/mol. The third-order valence-corrected chi connectivity index (χ3v) is 3.05. The predicted octanol–water partition coefficient (Wildman–Crippen LogP) is 2.08. The molecule has 0 aliphatic heterocycles. The summed E-state index contributed by atoms with van der Waals surface area (Å²) in [6, 6.07) is 4.02. The standard InChI is InChI=1S/C12H18N2O/c1-3-14-8-11(6-7-12(14)15)13-9(2)10-4-5-10/h6-10,13H,3-5H2,1-2H3. The minimum Gasteiger partial charge on any atom is -0.381 e. The molecule has 0 aromatic carbocycles. The molecule has 1 aliphatic carbocycles. The lowest BCUT2D eigenvalue weighted by molar-refractivity contribution is 0.685. The summed E-state index contributed by atoms with van der Waals surface area (Å²) in [6.07, 6.45) is 4.57. The Bertz CT molecular complexity index is 393. The zero-order chi connectivity index (χ0) is 10.8. The SMILES string of the molecule is CCn1cc(NC(C)C2CC2)ccc1=O. The average molecular weight is 206 g/mol. The Labute approximate surface area is 90.1 Å². The quantitative estimate of drug-likeness (QED) is 0.818. The first kappa shape index (κ1) is 10.3. The van der Waals surface area contributed by atoms with E-state index in [4.69, 9.17) is 0 Å². The summed E-state index contributed by atoms with van der Waals surface area (Å²) in [7, 11) is 0. The highest BCUT2D eigenvalue weighted by Gasteiger charge is 2.27. The number of rotatable bonds is 4. The molecule has 15 heavy (non-hydrogen) atoms. The highest BCUT2D eigenvalue weighted by atomic mass is 16.1. The van der Waals surface area contributed by atoms with Gasteiger partial charge in [-0.25, -0.2) is 0 Å². The van der Waals surface area contributed by atoms with Crippen molar-refractivity contribution < 1.29 is 0 Å². The first-order valence-electron chi connectivity index (χ1n) is 5.67. The predicted molar refractivity (Wildman–Crippen MR) is 62.2 cm³/mol. The van der Waals surface area contributed by atoms with Gasteiger partial charge in [0.1, 0.15) is 0 Å². The second-order valence-electron chi connectivity index (χ2n) is 4.31. The lowest BCUT2D eigenvalue weighted by Gasteiger charge is -2.15. The molecule has 1 unspecified atom stereocenters. The summed E-state index contributed by atoms with van der Waals surface area (Å²) >= 11 is 0. The van der Waals surface area contributed by atoms with Crippen LogP contribution in [0.5, 0.6) is 0 Å². The summed E-state index contributed by atoms with van der Waals surface area (Å²) in [4.78, 5) is 11.4. The molecular weight excluding hydrogens is 188 g/mol. The van der Waals surface area contributed by atoms with Crippen LogP contribution in [0.1, 0.15) is 26.7 Å². The van der Waals surface area contributed by atoms with Crippen LogP contribution in [0.4, 0.5) is 5.69 Å². The smallest absolute Gasteiger partial charge is 0.250 e. The first-order chi connectivity index (χ1) is 7.20. The van der Waals surface area contributed by atoms with Crippen molar-refractivity contribution in [2.45, 2.75) is 39.3 Å². The molecule has 1 N–H and O–H groups in total. The van der Waals surface area contributed by atoms with E-state index in [-0.39, 0.29) is 5.56 Å². The van der Waals surface area contributed by atoms with Gasteiger partial charge < -0.3 is 9.88 Å². The fourth-order valence-corrected chi connectivity index (χ4v) is 1.84. The number of anilines is 1. The third kappa shape index (κ3) is 2.41. The van der Waals surface area contributed by atoms with Gasteiger partial charge in [-0.3, -0.25) is 4.79 Å². The van der Waals surface area contributed by atoms with Crippen LogP contribution in [0.2, 0.25) is 0 Å². The van der Waals surface area contributed by atoms with Crippen molar-refractivity contribution in [1.29, 1.82) is 0 Å². The molecule has 1 aromatic rings. The summed E-state index contributed by atoms with van der Waals surface area (Å²) in [5.74, 6) is 0.826. The molecule has 0 saturated heterocycles. The molecule has 3 nitrogen and oxygen atoms in total. The molecular formula is C12H18N2O. The van der Waals surface area contributed by atoms with Crippen molar-refractivity contribution >= 4 is 5.69 Å². The van der Waals surface area contributed by atoms with Crippen LogP contribution in [0.15, 0.2) is 23.1 Å². The number of aromatic nitrogens is 1. The maximum atomic E-state index is 11.4. The molecule has 82 valence electrons. The lowest BCUT2D eigenvalue weighted by atomic mass is 10.2. The van der Waals surface area contributed by atoms with Gasteiger partial charge >= 0.3 is 0 Å². The Morgan fingerprint density at radius 3 is 2.87 bits per heavy atom. The Kier molecular flexibility index (Phi) is 2.80. The van der Waals surface area contributed by atoms with E-state index in [1.807, 2.05) is 19.2 Å².